The molecule has 0 aromatic carbocycles. The number of ether oxygens (including phenoxy) is 2. The van der Waals surface area contributed by atoms with Crippen LogP contribution in [0.5, 0.6) is 0 Å². The summed E-state index contributed by atoms with van der Waals surface area (Å²) in [4.78, 5) is 27.4. The number of fused-ring (bicyclic) bond motifs is 3. The van der Waals surface area contributed by atoms with E-state index in [0.29, 0.717) is 49.4 Å². The molecule has 7 heteroatoms. The summed E-state index contributed by atoms with van der Waals surface area (Å²) < 4.78 is 12.7. The quantitative estimate of drug-likeness (QED) is 0.341. The molecule has 170 valence electrons. The zero-order valence-corrected chi connectivity index (χ0v) is 19.0. The number of carbonyl (C=O) groups excluding carboxylic acids is 2. The number of nitrogens with zero attached hydrogens (tertiary/aromatic N) is 2. The molecule has 0 fully saturated rings. The van der Waals surface area contributed by atoms with Gasteiger partial charge >= 0.3 is 0 Å². The second kappa shape index (κ2) is 10.7. The van der Waals surface area contributed by atoms with E-state index in [2.05, 4.69) is 11.9 Å². The van der Waals surface area contributed by atoms with Crippen molar-refractivity contribution in [2.75, 3.05) is 20.8 Å². The summed E-state index contributed by atoms with van der Waals surface area (Å²) in [6.45, 7) is 5.99. The van der Waals surface area contributed by atoms with Gasteiger partial charge in [0.1, 0.15) is 11.5 Å². The van der Waals surface area contributed by atoms with Crippen LogP contribution in [0.1, 0.15) is 43.1 Å². The van der Waals surface area contributed by atoms with Crippen LogP contribution in [0.15, 0.2) is 72.5 Å². The van der Waals surface area contributed by atoms with Gasteiger partial charge in [0.15, 0.2) is 0 Å². The fraction of sp³-hybridized carbons (Fsp3) is 0.360. The van der Waals surface area contributed by atoms with Gasteiger partial charge in [-0.25, -0.2) is 0 Å². The SMILES string of the molecule is C=CC/C=C(\C=C(/C)NC(=O)CCCN1C(=O)c2cccn2C2=CC=C(OC)CC21)OC. The predicted molar refractivity (Wildman–Crippen MR) is 124 cm³/mol. The molecule has 32 heavy (non-hydrogen) atoms. The van der Waals surface area contributed by atoms with E-state index in [0.717, 1.165) is 11.5 Å². The summed E-state index contributed by atoms with van der Waals surface area (Å²) in [5, 5.41) is 2.88. The van der Waals surface area contributed by atoms with Crippen molar-refractivity contribution in [2.24, 2.45) is 0 Å². The molecule has 0 saturated carbocycles. The van der Waals surface area contributed by atoms with Crippen LogP contribution in [0.3, 0.4) is 0 Å². The molecule has 3 rings (SSSR count). The van der Waals surface area contributed by atoms with Crippen LogP contribution in [-0.4, -0.2) is 48.1 Å². The van der Waals surface area contributed by atoms with E-state index in [9.17, 15) is 9.59 Å². The Bertz CT molecular complexity index is 997. The molecule has 1 N–H and O–H groups in total. The molecule has 0 spiro atoms. The standard InChI is InChI=1S/C25H31N3O4/c1-5-6-9-19(31-3)16-18(2)26-24(29)11-8-15-28-23-17-20(32-4)12-13-21(23)27-14-7-10-22(27)25(28)30/h5,7,9-10,12-14,16,23H,1,6,8,11,15,17H2,2-4H3,(H,26,29)/b18-16+,19-9+. The maximum Gasteiger partial charge on any atom is 0.271 e. The number of hydrogen-bond acceptors (Lipinski definition) is 4. The number of methoxy groups -OCH3 is 2. The first kappa shape index (κ1) is 23.2. The molecule has 1 aliphatic carbocycles. The monoisotopic (exact) mass is 437 g/mol. The maximum absolute atomic E-state index is 13.1. The number of amides is 2. The molecule has 0 saturated heterocycles. The van der Waals surface area contributed by atoms with Crippen LogP contribution in [0.25, 0.3) is 5.70 Å². The third-order valence-electron chi connectivity index (χ3n) is 5.54. The highest BCUT2D eigenvalue weighted by Gasteiger charge is 2.37. The largest absolute Gasteiger partial charge is 0.501 e. The van der Waals surface area contributed by atoms with Crippen molar-refractivity contribution in [3.63, 3.8) is 0 Å². The molecule has 1 aliphatic heterocycles. The molecular formula is C25H31N3O4. The number of hydrogen-bond donors (Lipinski definition) is 1. The topological polar surface area (TPSA) is 72.8 Å². The van der Waals surface area contributed by atoms with Gasteiger partial charge < -0.3 is 24.3 Å². The third-order valence-corrected chi connectivity index (χ3v) is 5.54. The van der Waals surface area contributed by atoms with Gasteiger partial charge in [-0.15, -0.1) is 6.58 Å². The van der Waals surface area contributed by atoms with Gasteiger partial charge in [0, 0.05) is 37.0 Å². The zero-order valence-electron chi connectivity index (χ0n) is 19.0. The first-order chi connectivity index (χ1) is 15.5. The highest BCUT2D eigenvalue weighted by atomic mass is 16.5. The van der Waals surface area contributed by atoms with E-state index in [1.165, 1.54) is 0 Å². The molecular weight excluding hydrogens is 406 g/mol. The summed E-state index contributed by atoms with van der Waals surface area (Å²) in [5.74, 6) is 1.39. The van der Waals surface area contributed by atoms with Gasteiger partial charge in [-0.1, -0.05) is 6.08 Å². The van der Waals surface area contributed by atoms with Crippen LogP contribution in [0.2, 0.25) is 0 Å². The number of aromatic nitrogens is 1. The Balaban J connectivity index is 1.61. The zero-order chi connectivity index (χ0) is 23.1. The van der Waals surface area contributed by atoms with E-state index in [4.69, 9.17) is 9.47 Å². The second-order valence-corrected chi connectivity index (χ2v) is 7.72. The lowest BCUT2D eigenvalue weighted by atomic mass is 9.97. The maximum atomic E-state index is 13.1. The summed E-state index contributed by atoms with van der Waals surface area (Å²) in [5.41, 5.74) is 2.39. The van der Waals surface area contributed by atoms with Gasteiger partial charge in [-0.05, 0) is 56.2 Å². The molecule has 7 nitrogen and oxygen atoms in total. The fourth-order valence-corrected chi connectivity index (χ4v) is 3.98. The Kier molecular flexibility index (Phi) is 7.76. The average Bonchev–Trinajstić information content (AvgIpc) is 3.28. The molecule has 2 aliphatic rings. The van der Waals surface area contributed by atoms with Crippen LogP contribution in [0, 0.1) is 0 Å². The molecule has 2 amide bonds. The van der Waals surface area contributed by atoms with E-state index < -0.39 is 0 Å². The molecule has 1 aromatic heterocycles. The van der Waals surface area contributed by atoms with Crippen molar-refractivity contribution in [2.45, 2.75) is 38.6 Å². The Hall–Kier alpha value is -3.48. The summed E-state index contributed by atoms with van der Waals surface area (Å²) in [6, 6.07) is 3.60. The average molecular weight is 438 g/mol. The van der Waals surface area contributed by atoms with E-state index in [-0.39, 0.29) is 17.9 Å². The number of nitrogens with one attached hydrogen (secondary N) is 1. The number of rotatable bonds is 10. The van der Waals surface area contributed by atoms with Crippen molar-refractivity contribution in [3.05, 3.63) is 78.2 Å². The molecule has 0 bridgehead atoms. The Morgan fingerprint density at radius 1 is 1.34 bits per heavy atom. The predicted octanol–water partition coefficient (Wildman–Crippen LogP) is 3.99. The highest BCUT2D eigenvalue weighted by molar-refractivity contribution is 5.97. The van der Waals surface area contributed by atoms with Crippen molar-refractivity contribution in [1.82, 2.24) is 14.8 Å². The van der Waals surface area contributed by atoms with Gasteiger partial charge in [0.2, 0.25) is 5.91 Å². The number of allylic oxidation sites excluding steroid dienone is 6. The Labute approximate surface area is 189 Å². The smallest absolute Gasteiger partial charge is 0.271 e. The minimum absolute atomic E-state index is 0.0249. The van der Waals surface area contributed by atoms with Gasteiger partial charge in [-0.2, -0.15) is 0 Å². The lowest BCUT2D eigenvalue weighted by molar-refractivity contribution is -0.120. The van der Waals surface area contributed by atoms with Crippen LogP contribution >= 0.6 is 0 Å². The van der Waals surface area contributed by atoms with E-state index in [1.54, 1.807) is 26.4 Å². The summed E-state index contributed by atoms with van der Waals surface area (Å²) in [7, 11) is 3.23. The Morgan fingerprint density at radius 3 is 2.88 bits per heavy atom. The molecule has 2 heterocycles. The fourth-order valence-electron chi connectivity index (χ4n) is 3.98. The van der Waals surface area contributed by atoms with Crippen molar-refractivity contribution >= 4 is 17.5 Å². The molecule has 1 atom stereocenters. The second-order valence-electron chi connectivity index (χ2n) is 7.72. The van der Waals surface area contributed by atoms with Gasteiger partial charge in [0.05, 0.1) is 26.0 Å². The van der Waals surface area contributed by atoms with Gasteiger partial charge in [0.25, 0.3) is 5.91 Å². The first-order valence-electron chi connectivity index (χ1n) is 10.7. The normalized spacial score (nSPS) is 18.3. The molecule has 1 aromatic rings. The molecule has 0 radical (unpaired) electrons. The summed E-state index contributed by atoms with van der Waals surface area (Å²) >= 11 is 0. The van der Waals surface area contributed by atoms with Gasteiger partial charge in [-0.3, -0.25) is 9.59 Å². The van der Waals surface area contributed by atoms with Crippen molar-refractivity contribution in [1.29, 1.82) is 0 Å². The summed E-state index contributed by atoms with van der Waals surface area (Å²) in [6.07, 6.45) is 13.5. The van der Waals surface area contributed by atoms with Crippen molar-refractivity contribution < 1.29 is 19.1 Å². The van der Waals surface area contributed by atoms with Crippen LogP contribution in [-0.2, 0) is 14.3 Å². The van der Waals surface area contributed by atoms with Crippen LogP contribution in [0.4, 0.5) is 0 Å². The van der Waals surface area contributed by atoms with E-state index in [1.807, 2.05) is 52.9 Å². The minimum atomic E-state index is -0.105. The molecule has 1 unspecified atom stereocenters. The van der Waals surface area contributed by atoms with Crippen LogP contribution < -0.4 is 5.32 Å². The third kappa shape index (κ3) is 5.22. The number of carbonyl (C=O) groups is 2. The lowest BCUT2D eigenvalue weighted by Gasteiger charge is -2.40. The van der Waals surface area contributed by atoms with Crippen molar-refractivity contribution in [3.8, 4) is 0 Å². The lowest BCUT2D eigenvalue weighted by Crippen LogP contribution is -2.48. The highest BCUT2D eigenvalue weighted by Crippen LogP contribution is 2.34. The Morgan fingerprint density at radius 2 is 2.16 bits per heavy atom. The first-order valence-corrected chi connectivity index (χ1v) is 10.7. The van der Waals surface area contributed by atoms with E-state index >= 15 is 0 Å². The minimum Gasteiger partial charge on any atom is -0.501 e.